The van der Waals surface area contributed by atoms with Crippen molar-refractivity contribution in [2.45, 2.75) is 18.5 Å². The van der Waals surface area contributed by atoms with Gasteiger partial charge in [0.25, 0.3) is 0 Å². The monoisotopic (exact) mass is 545 g/mol. The van der Waals surface area contributed by atoms with Gasteiger partial charge in [-0.1, -0.05) is 40.2 Å². The van der Waals surface area contributed by atoms with E-state index in [4.69, 9.17) is 12.2 Å². The topological polar surface area (TPSA) is 62.2 Å². The zero-order valence-corrected chi connectivity index (χ0v) is 21.2. The van der Waals surface area contributed by atoms with E-state index in [0.717, 1.165) is 27.2 Å². The van der Waals surface area contributed by atoms with Crippen LogP contribution >= 0.6 is 28.1 Å². The smallest absolute Gasteiger partial charge is 0.226 e. The van der Waals surface area contributed by atoms with Gasteiger partial charge in [0, 0.05) is 46.9 Å². The van der Waals surface area contributed by atoms with E-state index in [9.17, 15) is 4.79 Å². The van der Waals surface area contributed by atoms with E-state index in [2.05, 4.69) is 65.4 Å². The first-order chi connectivity index (χ1) is 17.1. The molecule has 6 nitrogen and oxygen atoms in total. The highest BCUT2D eigenvalue weighted by Crippen LogP contribution is 2.39. The highest BCUT2D eigenvalue weighted by Gasteiger charge is 2.41. The summed E-state index contributed by atoms with van der Waals surface area (Å²) in [6, 6.07) is 27.4. The summed E-state index contributed by atoms with van der Waals surface area (Å²) < 4.78 is 3.19. The molecule has 2 aromatic carbocycles. The van der Waals surface area contributed by atoms with Crippen molar-refractivity contribution in [1.82, 2.24) is 19.8 Å². The van der Waals surface area contributed by atoms with Crippen LogP contribution in [0.25, 0.3) is 5.69 Å². The van der Waals surface area contributed by atoms with Gasteiger partial charge in [0.15, 0.2) is 5.11 Å². The van der Waals surface area contributed by atoms with Gasteiger partial charge in [0.2, 0.25) is 5.91 Å². The van der Waals surface area contributed by atoms with Crippen LogP contribution in [0.15, 0.2) is 102 Å². The summed E-state index contributed by atoms with van der Waals surface area (Å²) in [5.74, 6) is -0.0534. The lowest BCUT2D eigenvalue weighted by Gasteiger charge is -2.29. The maximum absolute atomic E-state index is 12.7. The van der Waals surface area contributed by atoms with Gasteiger partial charge in [-0.2, -0.15) is 0 Å². The third-order valence-electron chi connectivity index (χ3n) is 6.02. The number of rotatable bonds is 7. The minimum Gasteiger partial charge on any atom is -0.352 e. The predicted molar refractivity (Wildman–Crippen MR) is 145 cm³/mol. The molecule has 35 heavy (non-hydrogen) atoms. The van der Waals surface area contributed by atoms with Crippen LogP contribution in [0.4, 0.5) is 5.69 Å². The van der Waals surface area contributed by atoms with Crippen LogP contribution in [0, 0.1) is 0 Å². The van der Waals surface area contributed by atoms with E-state index in [1.54, 1.807) is 6.20 Å². The lowest BCUT2D eigenvalue weighted by atomic mass is 10.0. The number of carbonyl (C=O) groups is 1. The molecule has 1 saturated heterocycles. The number of nitrogens with zero attached hydrogens (tertiary/aromatic N) is 3. The third-order valence-corrected chi connectivity index (χ3v) is 6.90. The molecule has 2 atom stereocenters. The SMILES string of the molecule is O=C(CCN1C(=S)N[C@@H](c2ccccn2)[C@@H]1c1cccn1-c1ccc(Br)cc1)Nc1ccccc1. The number of carbonyl (C=O) groups excluding carboxylic acids is 1. The Balaban J connectivity index is 1.45. The first-order valence-electron chi connectivity index (χ1n) is 11.4. The van der Waals surface area contributed by atoms with Gasteiger partial charge in [-0.15, -0.1) is 0 Å². The van der Waals surface area contributed by atoms with Crippen molar-refractivity contribution in [3.05, 3.63) is 113 Å². The molecule has 4 aromatic rings. The second-order valence-corrected chi connectivity index (χ2v) is 9.57. The van der Waals surface area contributed by atoms with E-state index in [0.29, 0.717) is 18.1 Å². The van der Waals surface area contributed by atoms with E-state index in [1.165, 1.54) is 0 Å². The molecule has 0 spiro atoms. The summed E-state index contributed by atoms with van der Waals surface area (Å²) in [7, 11) is 0. The molecule has 1 fully saturated rings. The average Bonchev–Trinajstić information content (AvgIpc) is 3.48. The molecule has 2 aromatic heterocycles. The van der Waals surface area contributed by atoms with Crippen LogP contribution in [-0.4, -0.2) is 32.0 Å². The summed E-state index contributed by atoms with van der Waals surface area (Å²) in [6.07, 6.45) is 4.15. The summed E-state index contributed by atoms with van der Waals surface area (Å²) in [4.78, 5) is 19.4. The van der Waals surface area contributed by atoms with Crippen LogP contribution in [0.2, 0.25) is 0 Å². The minimum absolute atomic E-state index is 0.0534. The summed E-state index contributed by atoms with van der Waals surface area (Å²) >= 11 is 9.29. The molecule has 3 heterocycles. The summed E-state index contributed by atoms with van der Waals surface area (Å²) in [5.41, 5.74) is 3.80. The summed E-state index contributed by atoms with van der Waals surface area (Å²) in [6.45, 7) is 0.476. The predicted octanol–water partition coefficient (Wildman–Crippen LogP) is 5.64. The molecule has 0 radical (unpaired) electrons. The zero-order chi connectivity index (χ0) is 24.2. The Hall–Kier alpha value is -3.49. The van der Waals surface area contributed by atoms with Crippen LogP contribution in [0.5, 0.6) is 0 Å². The van der Waals surface area contributed by atoms with E-state index in [-0.39, 0.29) is 18.0 Å². The second-order valence-electron chi connectivity index (χ2n) is 8.26. The van der Waals surface area contributed by atoms with Crippen molar-refractivity contribution >= 4 is 44.9 Å². The Labute approximate surface area is 218 Å². The Morgan fingerprint density at radius 2 is 1.77 bits per heavy atom. The lowest BCUT2D eigenvalue weighted by Crippen LogP contribution is -2.33. The van der Waals surface area contributed by atoms with E-state index < -0.39 is 0 Å². The third kappa shape index (κ3) is 5.13. The molecule has 176 valence electrons. The molecule has 1 aliphatic heterocycles. The average molecular weight is 546 g/mol. The number of halogens is 1. The number of benzene rings is 2. The van der Waals surface area contributed by atoms with Crippen molar-refractivity contribution in [2.24, 2.45) is 0 Å². The van der Waals surface area contributed by atoms with Crippen LogP contribution < -0.4 is 10.6 Å². The fourth-order valence-corrected chi connectivity index (χ4v) is 5.00. The second kappa shape index (κ2) is 10.4. The molecule has 5 rings (SSSR count). The first kappa shape index (κ1) is 23.3. The Bertz CT molecular complexity index is 1310. The van der Waals surface area contributed by atoms with Crippen molar-refractivity contribution < 1.29 is 4.79 Å². The normalized spacial score (nSPS) is 17.3. The van der Waals surface area contributed by atoms with Gasteiger partial charge in [-0.05, 0) is 72.9 Å². The fourth-order valence-electron chi connectivity index (χ4n) is 4.41. The van der Waals surface area contributed by atoms with Crippen molar-refractivity contribution in [2.75, 3.05) is 11.9 Å². The van der Waals surface area contributed by atoms with E-state index >= 15 is 0 Å². The largest absolute Gasteiger partial charge is 0.352 e. The van der Waals surface area contributed by atoms with Crippen LogP contribution in [0.1, 0.15) is 29.9 Å². The van der Waals surface area contributed by atoms with Gasteiger partial charge in [-0.25, -0.2) is 0 Å². The summed E-state index contributed by atoms with van der Waals surface area (Å²) in [5, 5.41) is 7.04. The quantitative estimate of drug-likeness (QED) is 0.294. The molecule has 2 N–H and O–H groups in total. The van der Waals surface area contributed by atoms with Gasteiger partial charge in [0.05, 0.1) is 17.8 Å². The molecule has 1 aliphatic rings. The van der Waals surface area contributed by atoms with Gasteiger partial charge < -0.3 is 20.1 Å². The van der Waals surface area contributed by atoms with Crippen LogP contribution in [0.3, 0.4) is 0 Å². The van der Waals surface area contributed by atoms with E-state index in [1.807, 2.05) is 66.7 Å². The molecule has 8 heteroatoms. The number of pyridine rings is 1. The molecular weight excluding hydrogens is 522 g/mol. The van der Waals surface area contributed by atoms with Gasteiger partial charge in [-0.3, -0.25) is 9.78 Å². The molecule has 0 saturated carbocycles. The maximum atomic E-state index is 12.7. The fraction of sp³-hybridized carbons (Fsp3) is 0.148. The van der Waals surface area contributed by atoms with Gasteiger partial charge in [0.1, 0.15) is 0 Å². The Morgan fingerprint density at radius 1 is 1.00 bits per heavy atom. The van der Waals surface area contributed by atoms with Crippen molar-refractivity contribution in [1.29, 1.82) is 0 Å². The number of hydrogen-bond donors (Lipinski definition) is 2. The number of aromatic nitrogens is 2. The highest BCUT2D eigenvalue weighted by molar-refractivity contribution is 9.10. The van der Waals surface area contributed by atoms with Gasteiger partial charge >= 0.3 is 0 Å². The number of anilines is 1. The lowest BCUT2D eigenvalue weighted by molar-refractivity contribution is -0.116. The molecule has 0 bridgehead atoms. The van der Waals surface area contributed by atoms with Crippen molar-refractivity contribution in [3.8, 4) is 5.69 Å². The molecular formula is C27H24BrN5OS. The molecule has 1 amide bonds. The standard InChI is InChI=1S/C27H24BrN5OS/c28-19-11-13-21(14-12-19)32-17-6-10-23(32)26-25(22-9-4-5-16-29-22)31-27(35)33(26)18-15-24(34)30-20-7-2-1-3-8-20/h1-14,16-17,25-26H,15,18H2,(H,30,34)(H,31,35)/t25-,26-/m0/s1. The number of amides is 1. The Kier molecular flexibility index (Phi) is 6.92. The highest BCUT2D eigenvalue weighted by atomic mass is 79.9. The number of nitrogens with one attached hydrogen (secondary N) is 2. The van der Waals surface area contributed by atoms with Crippen molar-refractivity contribution in [3.63, 3.8) is 0 Å². The Morgan fingerprint density at radius 3 is 2.51 bits per heavy atom. The molecule has 0 aliphatic carbocycles. The molecule has 0 unspecified atom stereocenters. The minimum atomic E-state index is -0.148. The van der Waals surface area contributed by atoms with Crippen LogP contribution in [-0.2, 0) is 4.79 Å². The number of para-hydroxylation sites is 1. The zero-order valence-electron chi connectivity index (χ0n) is 18.8. The number of hydrogen-bond acceptors (Lipinski definition) is 3. The maximum Gasteiger partial charge on any atom is 0.226 e. The first-order valence-corrected chi connectivity index (χ1v) is 12.6. The number of thiocarbonyl (C=S) groups is 1.